The molecule has 0 saturated carbocycles. The lowest BCUT2D eigenvalue weighted by Gasteiger charge is -2.30. The van der Waals surface area contributed by atoms with E-state index in [4.69, 9.17) is 4.74 Å². The molecule has 2 atom stereocenters. The third kappa shape index (κ3) is 2.48. The van der Waals surface area contributed by atoms with Crippen molar-refractivity contribution in [3.63, 3.8) is 0 Å². The van der Waals surface area contributed by atoms with Crippen LogP contribution in [0.3, 0.4) is 0 Å². The van der Waals surface area contributed by atoms with E-state index in [0.29, 0.717) is 11.7 Å². The van der Waals surface area contributed by atoms with Crippen molar-refractivity contribution in [3.8, 4) is 5.75 Å². The van der Waals surface area contributed by atoms with Gasteiger partial charge in [0.15, 0.2) is 11.6 Å². The number of para-hydroxylation sites is 1. The Kier molecular flexibility index (Phi) is 3.21. The molecular formula is C12H16FNO. The molecule has 2 rings (SSSR count). The first-order chi connectivity index (χ1) is 7.27. The summed E-state index contributed by atoms with van der Waals surface area (Å²) in [6.45, 7) is 4.01. The van der Waals surface area contributed by atoms with Gasteiger partial charge in [-0.25, -0.2) is 4.39 Å². The van der Waals surface area contributed by atoms with Crippen LogP contribution in [0.25, 0.3) is 0 Å². The quantitative estimate of drug-likeness (QED) is 0.806. The summed E-state index contributed by atoms with van der Waals surface area (Å²) >= 11 is 0. The van der Waals surface area contributed by atoms with Crippen LogP contribution in [0.2, 0.25) is 0 Å². The first-order valence-electron chi connectivity index (χ1n) is 5.39. The van der Waals surface area contributed by atoms with Crippen molar-refractivity contribution in [3.05, 3.63) is 30.1 Å². The summed E-state index contributed by atoms with van der Waals surface area (Å²) in [5, 5.41) is 3.29. The van der Waals surface area contributed by atoms with E-state index in [1.807, 2.05) is 0 Å². The highest BCUT2D eigenvalue weighted by molar-refractivity contribution is 5.24. The van der Waals surface area contributed by atoms with Gasteiger partial charge in [0.25, 0.3) is 0 Å². The Labute approximate surface area is 89.4 Å². The summed E-state index contributed by atoms with van der Waals surface area (Å²) in [4.78, 5) is 0. The SMILES string of the molecule is CC1CNCCC1Oc1ccccc1F. The molecule has 0 radical (unpaired) electrons. The van der Waals surface area contributed by atoms with Gasteiger partial charge in [0.2, 0.25) is 0 Å². The fourth-order valence-electron chi connectivity index (χ4n) is 1.87. The zero-order valence-corrected chi connectivity index (χ0v) is 8.87. The zero-order valence-electron chi connectivity index (χ0n) is 8.87. The highest BCUT2D eigenvalue weighted by atomic mass is 19.1. The van der Waals surface area contributed by atoms with Gasteiger partial charge in [-0.3, -0.25) is 0 Å². The lowest BCUT2D eigenvalue weighted by atomic mass is 9.98. The lowest BCUT2D eigenvalue weighted by molar-refractivity contribution is 0.107. The van der Waals surface area contributed by atoms with Crippen molar-refractivity contribution in [1.82, 2.24) is 5.32 Å². The van der Waals surface area contributed by atoms with Crippen molar-refractivity contribution in [2.45, 2.75) is 19.4 Å². The second-order valence-corrected chi connectivity index (χ2v) is 4.06. The van der Waals surface area contributed by atoms with Gasteiger partial charge >= 0.3 is 0 Å². The molecule has 1 fully saturated rings. The topological polar surface area (TPSA) is 21.3 Å². The minimum atomic E-state index is -0.275. The fourth-order valence-corrected chi connectivity index (χ4v) is 1.87. The lowest BCUT2D eigenvalue weighted by Crippen LogP contribution is -2.41. The number of hydrogen-bond acceptors (Lipinski definition) is 2. The van der Waals surface area contributed by atoms with Crippen molar-refractivity contribution in [1.29, 1.82) is 0 Å². The highest BCUT2D eigenvalue weighted by Gasteiger charge is 2.23. The molecule has 1 aliphatic rings. The molecule has 1 N–H and O–H groups in total. The number of benzene rings is 1. The monoisotopic (exact) mass is 209 g/mol. The predicted octanol–water partition coefficient (Wildman–Crippen LogP) is 2.20. The number of ether oxygens (including phenoxy) is 1. The van der Waals surface area contributed by atoms with Gasteiger partial charge in [-0.2, -0.15) is 0 Å². The van der Waals surface area contributed by atoms with Gasteiger partial charge in [-0.1, -0.05) is 19.1 Å². The molecule has 15 heavy (non-hydrogen) atoms. The average Bonchev–Trinajstić information content (AvgIpc) is 2.24. The zero-order chi connectivity index (χ0) is 10.7. The van der Waals surface area contributed by atoms with Crippen LogP contribution in [-0.2, 0) is 0 Å². The van der Waals surface area contributed by atoms with Gasteiger partial charge in [-0.15, -0.1) is 0 Å². The Morgan fingerprint density at radius 2 is 2.20 bits per heavy atom. The number of nitrogens with one attached hydrogen (secondary N) is 1. The van der Waals surface area contributed by atoms with E-state index in [1.165, 1.54) is 6.07 Å². The van der Waals surface area contributed by atoms with E-state index in [9.17, 15) is 4.39 Å². The van der Waals surface area contributed by atoms with Gasteiger partial charge in [-0.05, 0) is 25.1 Å². The van der Waals surface area contributed by atoms with Crippen molar-refractivity contribution in [2.24, 2.45) is 5.92 Å². The summed E-state index contributed by atoms with van der Waals surface area (Å²) in [6.07, 6.45) is 1.07. The van der Waals surface area contributed by atoms with E-state index in [-0.39, 0.29) is 11.9 Å². The minimum absolute atomic E-state index is 0.128. The van der Waals surface area contributed by atoms with Crippen molar-refractivity contribution in [2.75, 3.05) is 13.1 Å². The van der Waals surface area contributed by atoms with Crippen LogP contribution >= 0.6 is 0 Å². The molecule has 2 nitrogen and oxygen atoms in total. The van der Waals surface area contributed by atoms with E-state index in [0.717, 1.165) is 19.5 Å². The first-order valence-corrected chi connectivity index (χ1v) is 5.39. The van der Waals surface area contributed by atoms with E-state index in [2.05, 4.69) is 12.2 Å². The Morgan fingerprint density at radius 3 is 2.93 bits per heavy atom. The molecular weight excluding hydrogens is 193 g/mol. The Balaban J connectivity index is 2.04. The normalized spacial score (nSPS) is 26.3. The molecule has 1 heterocycles. The molecule has 1 aromatic rings. The molecule has 1 aromatic carbocycles. The molecule has 2 unspecified atom stereocenters. The predicted molar refractivity (Wildman–Crippen MR) is 57.5 cm³/mol. The summed E-state index contributed by atoms with van der Waals surface area (Å²) in [5.74, 6) is 0.526. The van der Waals surface area contributed by atoms with Gasteiger partial charge in [0.1, 0.15) is 6.10 Å². The van der Waals surface area contributed by atoms with Crippen LogP contribution in [0.5, 0.6) is 5.75 Å². The molecule has 0 aliphatic carbocycles. The number of hydrogen-bond donors (Lipinski definition) is 1. The largest absolute Gasteiger partial charge is 0.487 e. The fraction of sp³-hybridized carbons (Fsp3) is 0.500. The van der Waals surface area contributed by atoms with Gasteiger partial charge < -0.3 is 10.1 Å². The van der Waals surface area contributed by atoms with Crippen LogP contribution in [0.15, 0.2) is 24.3 Å². The molecule has 82 valence electrons. The molecule has 0 bridgehead atoms. The Morgan fingerprint density at radius 1 is 1.40 bits per heavy atom. The van der Waals surface area contributed by atoms with E-state index in [1.54, 1.807) is 18.2 Å². The van der Waals surface area contributed by atoms with Crippen LogP contribution in [-0.4, -0.2) is 19.2 Å². The Hall–Kier alpha value is -1.09. The standard InChI is InChI=1S/C12H16FNO/c1-9-8-14-7-6-11(9)15-12-5-3-2-4-10(12)13/h2-5,9,11,14H,6-8H2,1H3. The maximum atomic E-state index is 13.3. The maximum absolute atomic E-state index is 13.3. The molecule has 1 aliphatic heterocycles. The smallest absolute Gasteiger partial charge is 0.165 e. The number of halogens is 1. The van der Waals surface area contributed by atoms with Crippen molar-refractivity contribution >= 4 is 0 Å². The molecule has 1 saturated heterocycles. The average molecular weight is 209 g/mol. The third-order valence-electron chi connectivity index (χ3n) is 2.82. The van der Waals surface area contributed by atoms with Gasteiger partial charge in [0, 0.05) is 12.5 Å². The van der Waals surface area contributed by atoms with Crippen molar-refractivity contribution < 1.29 is 9.13 Å². The number of rotatable bonds is 2. The van der Waals surface area contributed by atoms with E-state index < -0.39 is 0 Å². The summed E-state index contributed by atoms with van der Waals surface area (Å²) in [7, 11) is 0. The highest BCUT2D eigenvalue weighted by Crippen LogP contribution is 2.22. The van der Waals surface area contributed by atoms with Crippen LogP contribution in [0, 0.1) is 11.7 Å². The Bertz CT molecular complexity index is 329. The molecule has 3 heteroatoms. The molecule has 0 amide bonds. The second kappa shape index (κ2) is 4.62. The maximum Gasteiger partial charge on any atom is 0.165 e. The summed E-state index contributed by atoms with van der Waals surface area (Å²) < 4.78 is 19.0. The molecule has 0 spiro atoms. The minimum Gasteiger partial charge on any atom is -0.487 e. The van der Waals surface area contributed by atoms with Crippen LogP contribution in [0.4, 0.5) is 4.39 Å². The second-order valence-electron chi connectivity index (χ2n) is 4.06. The summed E-state index contributed by atoms with van der Waals surface area (Å²) in [6, 6.07) is 6.59. The number of piperidine rings is 1. The third-order valence-corrected chi connectivity index (χ3v) is 2.82. The molecule has 0 aromatic heterocycles. The van der Waals surface area contributed by atoms with E-state index >= 15 is 0 Å². The summed E-state index contributed by atoms with van der Waals surface area (Å²) in [5.41, 5.74) is 0. The first kappa shape index (κ1) is 10.4. The van der Waals surface area contributed by atoms with Gasteiger partial charge in [0.05, 0.1) is 0 Å². The van der Waals surface area contributed by atoms with Crippen LogP contribution in [0.1, 0.15) is 13.3 Å². The van der Waals surface area contributed by atoms with Crippen LogP contribution < -0.4 is 10.1 Å².